The Morgan fingerprint density at radius 3 is 3.19 bits per heavy atom. The molecule has 1 fully saturated rings. The number of ether oxygens (including phenoxy) is 1. The zero-order chi connectivity index (χ0) is 17.5. The van der Waals surface area contributed by atoms with Gasteiger partial charge in [0.1, 0.15) is 5.76 Å². The summed E-state index contributed by atoms with van der Waals surface area (Å²) in [5.41, 5.74) is 0.946. The molecule has 26 heavy (non-hydrogen) atoms. The largest absolute Gasteiger partial charge is 0.454 e. The molecule has 0 radical (unpaired) electrons. The number of likely N-dealkylation sites (tertiary alicyclic amines) is 1. The average molecular weight is 354 g/mol. The molecule has 5 rings (SSSR count). The highest BCUT2D eigenvalue weighted by atomic mass is 16.5. The predicted molar refractivity (Wildman–Crippen MR) is 88.2 cm³/mol. The summed E-state index contributed by atoms with van der Waals surface area (Å²) in [7, 11) is 0. The van der Waals surface area contributed by atoms with Crippen molar-refractivity contribution in [2.45, 2.75) is 31.7 Å². The van der Waals surface area contributed by atoms with Crippen LogP contribution in [0.1, 0.15) is 34.5 Å². The first kappa shape index (κ1) is 15.3. The van der Waals surface area contributed by atoms with Gasteiger partial charge in [-0.15, -0.1) is 5.10 Å². The van der Waals surface area contributed by atoms with Crippen molar-refractivity contribution in [3.8, 4) is 0 Å². The fourth-order valence-electron chi connectivity index (χ4n) is 3.66. The van der Waals surface area contributed by atoms with Gasteiger partial charge in [-0.3, -0.25) is 4.79 Å². The number of rotatable bonds is 3. The molecule has 0 aromatic carbocycles. The van der Waals surface area contributed by atoms with Crippen LogP contribution in [0.5, 0.6) is 0 Å². The smallest absolute Gasteiger partial charge is 0.289 e. The fourth-order valence-corrected chi connectivity index (χ4v) is 3.66. The number of fused-ring (bicyclic) bond motifs is 3. The lowest BCUT2D eigenvalue weighted by Gasteiger charge is -2.40. The molecule has 2 atom stereocenters. The lowest BCUT2D eigenvalue weighted by Crippen LogP contribution is -2.49. The van der Waals surface area contributed by atoms with Crippen LogP contribution in [0.25, 0.3) is 0 Å². The molecule has 1 saturated heterocycles. The summed E-state index contributed by atoms with van der Waals surface area (Å²) in [5, 5.41) is 8.14. The Labute approximate surface area is 149 Å². The van der Waals surface area contributed by atoms with Gasteiger partial charge in [-0.05, 0) is 18.6 Å². The number of carbonyl (C=O) groups excluding carboxylic acids is 1. The predicted octanol–water partition coefficient (Wildman–Crippen LogP) is 1.10. The van der Waals surface area contributed by atoms with Gasteiger partial charge in [0.05, 0.1) is 43.5 Å². The Morgan fingerprint density at radius 2 is 2.31 bits per heavy atom. The topological polar surface area (TPSA) is 91.2 Å². The van der Waals surface area contributed by atoms with Crippen molar-refractivity contribution in [3.05, 3.63) is 54.3 Å². The van der Waals surface area contributed by atoms with Crippen LogP contribution in [0.4, 0.5) is 0 Å². The summed E-state index contributed by atoms with van der Waals surface area (Å²) in [6.45, 7) is 2.26. The first-order valence-corrected chi connectivity index (χ1v) is 8.62. The van der Waals surface area contributed by atoms with Gasteiger partial charge >= 0.3 is 0 Å². The van der Waals surface area contributed by atoms with Gasteiger partial charge in [0.2, 0.25) is 0 Å². The van der Waals surface area contributed by atoms with Crippen LogP contribution < -0.4 is 0 Å². The van der Waals surface area contributed by atoms with Crippen LogP contribution in [0.2, 0.25) is 0 Å². The van der Waals surface area contributed by atoms with E-state index in [0.717, 1.165) is 17.9 Å². The minimum Gasteiger partial charge on any atom is -0.454 e. The molecule has 0 saturated carbocycles. The minimum atomic E-state index is -0.104. The molecular formula is C17H18N6O3. The molecule has 2 aliphatic heterocycles. The Bertz CT molecular complexity index is 915. The normalized spacial score (nSPS) is 22.1. The summed E-state index contributed by atoms with van der Waals surface area (Å²) in [4.78, 5) is 18.7. The van der Waals surface area contributed by atoms with Gasteiger partial charge in [-0.1, -0.05) is 5.21 Å². The summed E-state index contributed by atoms with van der Waals surface area (Å²) < 4.78 is 15.4. The molecule has 1 amide bonds. The van der Waals surface area contributed by atoms with Crippen molar-refractivity contribution in [1.82, 2.24) is 29.4 Å². The van der Waals surface area contributed by atoms with E-state index >= 15 is 0 Å². The Hall–Kier alpha value is -2.94. The monoisotopic (exact) mass is 354 g/mol. The molecule has 0 N–H and O–H groups in total. The van der Waals surface area contributed by atoms with Crippen LogP contribution >= 0.6 is 0 Å². The van der Waals surface area contributed by atoms with Crippen molar-refractivity contribution < 1.29 is 13.9 Å². The minimum absolute atomic E-state index is 0.000619. The average Bonchev–Trinajstić information content (AvgIpc) is 3.42. The molecule has 9 heteroatoms. The summed E-state index contributed by atoms with van der Waals surface area (Å²) in [6, 6.07) is 3.57. The zero-order valence-electron chi connectivity index (χ0n) is 14.1. The van der Waals surface area contributed by atoms with Gasteiger partial charge in [-0.25, -0.2) is 9.67 Å². The van der Waals surface area contributed by atoms with E-state index in [0.29, 0.717) is 32.0 Å². The number of piperidine rings is 1. The summed E-state index contributed by atoms with van der Waals surface area (Å²) >= 11 is 0. The highest BCUT2D eigenvalue weighted by Gasteiger charge is 2.38. The third-order valence-corrected chi connectivity index (χ3v) is 4.99. The van der Waals surface area contributed by atoms with E-state index in [1.807, 2.05) is 21.5 Å². The number of imidazole rings is 1. The van der Waals surface area contributed by atoms with Crippen molar-refractivity contribution in [3.63, 3.8) is 0 Å². The van der Waals surface area contributed by atoms with E-state index in [4.69, 9.17) is 9.15 Å². The van der Waals surface area contributed by atoms with E-state index in [1.54, 1.807) is 29.7 Å². The first-order chi connectivity index (χ1) is 12.8. The van der Waals surface area contributed by atoms with Crippen molar-refractivity contribution in [2.75, 3.05) is 13.1 Å². The second-order valence-corrected chi connectivity index (χ2v) is 6.63. The van der Waals surface area contributed by atoms with E-state index < -0.39 is 0 Å². The van der Waals surface area contributed by atoms with Crippen molar-refractivity contribution >= 4 is 5.91 Å². The number of furan rings is 1. The first-order valence-electron chi connectivity index (χ1n) is 8.62. The van der Waals surface area contributed by atoms with Crippen LogP contribution in [0.15, 0.2) is 41.5 Å². The standard InChI is InChI=1S/C17H18N6O3/c24-17(16-2-1-13(26-16)8-21-6-4-18-11-21)22-5-3-15-14(9-22)23-12(10-25-15)7-19-20-23/h1-2,4,6-7,11,14-15H,3,5,8-10H2/t14-,15+/m1/s1. The maximum atomic E-state index is 12.9. The number of hydrogen-bond acceptors (Lipinski definition) is 6. The third kappa shape index (κ3) is 2.60. The van der Waals surface area contributed by atoms with E-state index in [2.05, 4.69) is 15.3 Å². The third-order valence-electron chi connectivity index (χ3n) is 4.99. The second kappa shape index (κ2) is 6.10. The summed E-state index contributed by atoms with van der Waals surface area (Å²) in [5.74, 6) is 0.975. The molecule has 0 bridgehead atoms. The van der Waals surface area contributed by atoms with Gasteiger partial charge < -0.3 is 18.6 Å². The van der Waals surface area contributed by atoms with Gasteiger partial charge in [0.15, 0.2) is 5.76 Å². The summed E-state index contributed by atoms with van der Waals surface area (Å²) in [6.07, 6.45) is 7.84. The second-order valence-electron chi connectivity index (χ2n) is 6.63. The maximum Gasteiger partial charge on any atom is 0.289 e. The number of carbonyl (C=O) groups is 1. The number of amides is 1. The van der Waals surface area contributed by atoms with E-state index in [1.165, 1.54) is 0 Å². The quantitative estimate of drug-likeness (QED) is 0.699. The van der Waals surface area contributed by atoms with Crippen LogP contribution in [0.3, 0.4) is 0 Å². The zero-order valence-corrected chi connectivity index (χ0v) is 14.1. The van der Waals surface area contributed by atoms with Gasteiger partial charge in [0.25, 0.3) is 5.91 Å². The molecule has 3 aromatic heterocycles. The molecule has 9 nitrogen and oxygen atoms in total. The molecule has 3 aromatic rings. The van der Waals surface area contributed by atoms with Crippen LogP contribution in [0, 0.1) is 0 Å². The lowest BCUT2D eigenvalue weighted by atomic mass is 10.00. The van der Waals surface area contributed by atoms with Gasteiger partial charge in [0, 0.05) is 25.5 Å². The van der Waals surface area contributed by atoms with Gasteiger partial charge in [-0.2, -0.15) is 0 Å². The number of nitrogens with zero attached hydrogens (tertiary/aromatic N) is 6. The highest BCUT2D eigenvalue weighted by Crippen LogP contribution is 2.30. The lowest BCUT2D eigenvalue weighted by molar-refractivity contribution is -0.0608. The SMILES string of the molecule is O=C(c1ccc(Cn2ccnc2)o1)N1CC[C@@H]2OCc3cnnn3[C@@H]2C1. The number of aromatic nitrogens is 5. The van der Waals surface area contributed by atoms with Crippen molar-refractivity contribution in [1.29, 1.82) is 0 Å². The van der Waals surface area contributed by atoms with E-state index in [9.17, 15) is 4.79 Å². The van der Waals surface area contributed by atoms with E-state index in [-0.39, 0.29) is 18.1 Å². The molecule has 0 unspecified atom stereocenters. The molecule has 0 aliphatic carbocycles. The maximum absolute atomic E-state index is 12.9. The molecule has 2 aliphatic rings. The Kier molecular flexibility index (Phi) is 3.59. The van der Waals surface area contributed by atoms with Crippen LogP contribution in [-0.2, 0) is 17.9 Å². The molecular weight excluding hydrogens is 336 g/mol. The highest BCUT2D eigenvalue weighted by molar-refractivity contribution is 5.91. The Balaban J connectivity index is 1.31. The fraction of sp³-hybridized carbons (Fsp3) is 0.412. The van der Waals surface area contributed by atoms with Crippen LogP contribution in [-0.4, -0.2) is 54.5 Å². The molecule has 0 spiro atoms. The molecule has 5 heterocycles. The number of hydrogen-bond donors (Lipinski definition) is 0. The molecule has 134 valence electrons. The Morgan fingerprint density at radius 1 is 1.35 bits per heavy atom. The van der Waals surface area contributed by atoms with Crippen molar-refractivity contribution in [2.24, 2.45) is 0 Å².